The van der Waals surface area contributed by atoms with Gasteiger partial charge in [0.2, 0.25) is 0 Å². The second-order valence-corrected chi connectivity index (χ2v) is 9.17. The number of benzene rings is 1. The maximum Gasteiger partial charge on any atom is 0.119 e. The van der Waals surface area contributed by atoms with Crippen LogP contribution in [-0.2, 0) is 10.9 Å². The summed E-state index contributed by atoms with van der Waals surface area (Å²) in [5.74, 6) is 4.47. The zero-order valence-corrected chi connectivity index (χ0v) is 12.5. The quantitative estimate of drug-likeness (QED) is 0.546. The normalized spacial score (nSPS) is 37.5. The van der Waals surface area contributed by atoms with Gasteiger partial charge in [0.05, 0.1) is 0 Å². The van der Waals surface area contributed by atoms with E-state index in [4.69, 9.17) is 0 Å². The van der Waals surface area contributed by atoms with Crippen molar-refractivity contribution in [2.45, 2.75) is 50.0 Å². The Morgan fingerprint density at radius 1 is 1.17 bits per heavy atom. The van der Waals surface area contributed by atoms with Gasteiger partial charge in [-0.15, -0.1) is 17.7 Å². The predicted octanol–water partition coefficient (Wildman–Crippen LogP) is 4.41. The molecule has 18 heavy (non-hydrogen) atoms. The Bertz CT molecular complexity index is 409. The third-order valence-electron chi connectivity index (χ3n) is 5.10. The molecule has 3 rings (SSSR count). The maximum absolute atomic E-state index is 2.59. The van der Waals surface area contributed by atoms with Crippen molar-refractivity contribution in [3.63, 3.8) is 0 Å². The van der Waals surface area contributed by atoms with E-state index < -0.39 is 0 Å². The molecule has 2 fully saturated rings. The van der Waals surface area contributed by atoms with E-state index in [1.165, 1.54) is 24.8 Å². The predicted molar refractivity (Wildman–Crippen MR) is 81.6 cm³/mol. The van der Waals surface area contributed by atoms with Crippen molar-refractivity contribution in [1.29, 1.82) is 0 Å². The summed E-state index contributed by atoms with van der Waals surface area (Å²) < 4.78 is 0.519. The van der Waals surface area contributed by atoms with Crippen LogP contribution in [0.4, 0.5) is 0 Å². The number of rotatable bonds is 2. The molecule has 4 atom stereocenters. The Kier molecular flexibility index (Phi) is 3.13. The van der Waals surface area contributed by atoms with Gasteiger partial charge in [-0.25, -0.2) is 0 Å². The Morgan fingerprint density at radius 3 is 2.61 bits per heavy atom. The summed E-state index contributed by atoms with van der Waals surface area (Å²) in [7, 11) is 0.451. The molecule has 0 spiro atoms. The van der Waals surface area contributed by atoms with E-state index in [2.05, 4.69) is 56.9 Å². The topological polar surface area (TPSA) is 0 Å². The third kappa shape index (κ3) is 1.97. The molecule has 0 aromatic heterocycles. The Labute approximate surface area is 115 Å². The molecule has 1 aromatic rings. The van der Waals surface area contributed by atoms with Crippen LogP contribution in [0.15, 0.2) is 30.3 Å². The van der Waals surface area contributed by atoms with E-state index in [1.54, 1.807) is 0 Å². The van der Waals surface area contributed by atoms with Gasteiger partial charge < -0.3 is 0 Å². The summed E-state index contributed by atoms with van der Waals surface area (Å²) in [6.07, 6.45) is 4.38. The first-order valence-corrected chi connectivity index (χ1v) is 8.56. The van der Waals surface area contributed by atoms with Crippen LogP contribution in [0.5, 0.6) is 0 Å². The molecule has 2 bridgehead atoms. The molecule has 0 amide bonds. The number of hydrogen-bond donors (Lipinski definition) is 0. The first-order valence-electron chi connectivity index (χ1n) is 7.21. The van der Waals surface area contributed by atoms with Gasteiger partial charge in [-0.3, -0.25) is 0 Å². The Hall–Kier alpha value is -0.560. The zero-order chi connectivity index (χ0) is 12.8. The summed E-state index contributed by atoms with van der Waals surface area (Å²) in [4.78, 5) is 0. The smallest absolute Gasteiger partial charge is 0.119 e. The summed E-state index contributed by atoms with van der Waals surface area (Å²) in [5, 5.41) is 0.943. The van der Waals surface area contributed by atoms with Crippen LogP contribution >= 0.6 is 0 Å². The van der Waals surface area contributed by atoms with Crippen molar-refractivity contribution >= 4 is 10.9 Å². The lowest BCUT2D eigenvalue weighted by molar-refractivity contribution is 0.290. The molecule has 98 valence electrons. The van der Waals surface area contributed by atoms with Crippen LogP contribution < -0.4 is 0 Å². The van der Waals surface area contributed by atoms with Crippen molar-refractivity contribution in [1.82, 2.24) is 0 Å². The minimum Gasteiger partial charge on any atom is -0.159 e. The van der Waals surface area contributed by atoms with E-state index in [0.717, 1.165) is 17.1 Å². The van der Waals surface area contributed by atoms with Gasteiger partial charge >= 0.3 is 0 Å². The fourth-order valence-electron chi connectivity index (χ4n) is 3.77. The van der Waals surface area contributed by atoms with E-state index in [-0.39, 0.29) is 0 Å². The molecule has 4 unspecified atom stereocenters. The second kappa shape index (κ2) is 4.52. The van der Waals surface area contributed by atoms with E-state index in [0.29, 0.717) is 15.6 Å². The lowest BCUT2D eigenvalue weighted by atomic mass is 9.78. The molecule has 0 nitrogen and oxygen atoms in total. The van der Waals surface area contributed by atoms with Gasteiger partial charge in [0, 0.05) is 24.0 Å². The molecule has 1 saturated heterocycles. The van der Waals surface area contributed by atoms with Crippen molar-refractivity contribution in [2.75, 3.05) is 0 Å². The highest BCUT2D eigenvalue weighted by molar-refractivity contribution is 8.01. The van der Waals surface area contributed by atoms with E-state index >= 15 is 0 Å². The van der Waals surface area contributed by atoms with Crippen molar-refractivity contribution in [3.05, 3.63) is 41.6 Å². The van der Waals surface area contributed by atoms with Crippen LogP contribution in [0.25, 0.3) is 0 Å². The lowest BCUT2D eigenvalue weighted by Crippen LogP contribution is -2.35. The zero-order valence-electron chi connectivity index (χ0n) is 11.7. The van der Waals surface area contributed by atoms with Crippen LogP contribution in [-0.4, -0.2) is 10.00 Å². The Balaban J connectivity index is 1.85. The minimum atomic E-state index is 0.451. The molecule has 1 heteroatoms. The number of hydrogen-bond acceptors (Lipinski definition) is 0. The fraction of sp³-hybridized carbons (Fsp3) is 0.588. The standard InChI is InChI=1S/C17H24S/c1-13-9-10-15-11-16(13)18(17(15,2)3)12-14-7-5-4-6-8-14/h4-8,12-13,15-16H,9-11H2,1-3H3. The highest BCUT2D eigenvalue weighted by Gasteiger charge is 2.59. The van der Waals surface area contributed by atoms with Crippen LogP contribution in [0.3, 0.4) is 0 Å². The summed E-state index contributed by atoms with van der Waals surface area (Å²) >= 11 is 0. The van der Waals surface area contributed by atoms with Gasteiger partial charge in [-0.05, 0) is 37.6 Å². The average Bonchev–Trinajstić information content (AvgIpc) is 2.57. The lowest BCUT2D eigenvalue weighted by Gasteiger charge is -2.27. The highest BCUT2D eigenvalue weighted by atomic mass is 32.2. The fourth-order valence-corrected chi connectivity index (χ4v) is 7.15. The number of fused-ring (bicyclic) bond motifs is 2. The molecule has 2 aliphatic rings. The van der Waals surface area contributed by atoms with Crippen molar-refractivity contribution < 1.29 is 0 Å². The average molecular weight is 260 g/mol. The molecular weight excluding hydrogens is 236 g/mol. The third-order valence-corrected chi connectivity index (χ3v) is 8.49. The van der Waals surface area contributed by atoms with Gasteiger partial charge in [-0.1, -0.05) is 13.0 Å². The molecule has 1 heterocycles. The van der Waals surface area contributed by atoms with E-state index in [9.17, 15) is 0 Å². The summed E-state index contributed by atoms with van der Waals surface area (Å²) in [6, 6.07) is 11.0. The minimum absolute atomic E-state index is 0.451. The highest BCUT2D eigenvalue weighted by Crippen LogP contribution is 2.53. The van der Waals surface area contributed by atoms with Gasteiger partial charge in [-0.2, -0.15) is 12.1 Å². The molecule has 1 aromatic carbocycles. The second-order valence-electron chi connectivity index (χ2n) is 6.53. The first-order chi connectivity index (χ1) is 8.59. The molecule has 1 saturated carbocycles. The van der Waals surface area contributed by atoms with Crippen LogP contribution in [0.2, 0.25) is 0 Å². The van der Waals surface area contributed by atoms with Crippen molar-refractivity contribution in [3.8, 4) is 0 Å². The van der Waals surface area contributed by atoms with E-state index in [1.807, 2.05) is 0 Å². The molecule has 1 aliphatic carbocycles. The molecular formula is C17H24S. The van der Waals surface area contributed by atoms with Gasteiger partial charge in [0.1, 0.15) is 10.00 Å². The largest absolute Gasteiger partial charge is 0.159 e. The maximum atomic E-state index is 2.59. The monoisotopic (exact) mass is 260 g/mol. The SMILES string of the molecule is CC1CCC2CC1[S+]([CH-]c1ccccc1)C2(C)C. The molecule has 1 aliphatic heterocycles. The summed E-state index contributed by atoms with van der Waals surface area (Å²) in [5.41, 5.74) is 1.42. The molecule has 0 radical (unpaired) electrons. The van der Waals surface area contributed by atoms with Crippen molar-refractivity contribution in [2.24, 2.45) is 11.8 Å². The van der Waals surface area contributed by atoms with Gasteiger partial charge in [0.15, 0.2) is 0 Å². The first kappa shape index (κ1) is 12.5. The molecule has 0 N–H and O–H groups in total. The Morgan fingerprint density at radius 2 is 1.89 bits per heavy atom. The summed E-state index contributed by atoms with van der Waals surface area (Å²) in [6.45, 7) is 7.50. The van der Waals surface area contributed by atoms with Crippen LogP contribution in [0.1, 0.15) is 45.6 Å². The van der Waals surface area contributed by atoms with Gasteiger partial charge in [0.25, 0.3) is 0 Å². The van der Waals surface area contributed by atoms with Crippen LogP contribution in [0, 0.1) is 17.6 Å².